The topological polar surface area (TPSA) is 77.5 Å². The molecule has 0 bridgehead atoms. The van der Waals surface area contributed by atoms with Gasteiger partial charge in [-0.05, 0) is 29.8 Å². The van der Waals surface area contributed by atoms with Crippen LogP contribution >= 0.6 is 0 Å². The molecule has 2 aromatic rings. The van der Waals surface area contributed by atoms with Gasteiger partial charge in [0.05, 0.1) is 38.7 Å². The van der Waals surface area contributed by atoms with Crippen LogP contribution in [-0.4, -0.2) is 51.6 Å². The maximum absolute atomic E-state index is 12.3. The first-order valence-electron chi connectivity index (χ1n) is 9.22. The van der Waals surface area contributed by atoms with Gasteiger partial charge in [-0.15, -0.1) is 0 Å². The van der Waals surface area contributed by atoms with Crippen molar-refractivity contribution in [3.63, 3.8) is 0 Å². The Morgan fingerprint density at radius 2 is 1.82 bits per heavy atom. The SMILES string of the molecule is COc1cc2c(cc1OC)C(Cc1ccc(N3CCOCC3)c(O)c1)OC2=O. The molecule has 7 heteroatoms. The van der Waals surface area contributed by atoms with Gasteiger partial charge in [0.15, 0.2) is 11.5 Å². The van der Waals surface area contributed by atoms with Crippen LogP contribution in [0.15, 0.2) is 30.3 Å². The van der Waals surface area contributed by atoms with E-state index in [1.807, 2.05) is 12.1 Å². The Bertz CT molecular complexity index is 891. The molecule has 2 aliphatic rings. The number of morpholine rings is 1. The van der Waals surface area contributed by atoms with Crippen molar-refractivity contribution in [3.05, 3.63) is 47.0 Å². The summed E-state index contributed by atoms with van der Waals surface area (Å²) in [5.41, 5.74) is 2.92. The number of hydrogen-bond acceptors (Lipinski definition) is 7. The highest BCUT2D eigenvalue weighted by Crippen LogP contribution is 2.41. The zero-order valence-corrected chi connectivity index (χ0v) is 15.9. The van der Waals surface area contributed by atoms with Crippen molar-refractivity contribution in [2.45, 2.75) is 12.5 Å². The Labute approximate surface area is 163 Å². The lowest BCUT2D eigenvalue weighted by Gasteiger charge is -2.29. The molecule has 4 rings (SSSR count). The monoisotopic (exact) mass is 385 g/mol. The number of methoxy groups -OCH3 is 2. The third-order valence-electron chi connectivity index (χ3n) is 5.18. The van der Waals surface area contributed by atoms with E-state index in [0.717, 1.165) is 29.9 Å². The van der Waals surface area contributed by atoms with Gasteiger partial charge in [0.25, 0.3) is 0 Å². The molecule has 1 fully saturated rings. The van der Waals surface area contributed by atoms with Gasteiger partial charge in [-0.1, -0.05) is 6.07 Å². The fourth-order valence-corrected chi connectivity index (χ4v) is 3.73. The molecule has 1 saturated heterocycles. The van der Waals surface area contributed by atoms with Crippen LogP contribution in [0.5, 0.6) is 17.2 Å². The van der Waals surface area contributed by atoms with Gasteiger partial charge >= 0.3 is 5.97 Å². The maximum Gasteiger partial charge on any atom is 0.339 e. The molecule has 1 atom stereocenters. The summed E-state index contributed by atoms with van der Waals surface area (Å²) in [6.45, 7) is 2.81. The van der Waals surface area contributed by atoms with E-state index in [-0.39, 0.29) is 11.7 Å². The van der Waals surface area contributed by atoms with Gasteiger partial charge in [0.2, 0.25) is 0 Å². The van der Waals surface area contributed by atoms with Crippen LogP contribution in [-0.2, 0) is 15.9 Å². The normalized spacial score (nSPS) is 18.6. The van der Waals surface area contributed by atoms with Crippen molar-refractivity contribution in [2.24, 2.45) is 0 Å². The van der Waals surface area contributed by atoms with Crippen LogP contribution in [0.2, 0.25) is 0 Å². The first-order valence-corrected chi connectivity index (χ1v) is 9.22. The van der Waals surface area contributed by atoms with E-state index < -0.39 is 6.10 Å². The summed E-state index contributed by atoms with van der Waals surface area (Å²) < 4.78 is 21.5. The van der Waals surface area contributed by atoms with Crippen molar-refractivity contribution < 1.29 is 28.8 Å². The number of rotatable bonds is 5. The van der Waals surface area contributed by atoms with E-state index in [0.29, 0.717) is 36.7 Å². The first kappa shape index (κ1) is 18.4. The van der Waals surface area contributed by atoms with Crippen molar-refractivity contribution >= 4 is 11.7 Å². The summed E-state index contributed by atoms with van der Waals surface area (Å²) in [6.07, 6.45) is 0.0292. The molecule has 2 aliphatic heterocycles. The zero-order chi connectivity index (χ0) is 19.7. The summed E-state index contributed by atoms with van der Waals surface area (Å²) >= 11 is 0. The number of hydrogen-bond donors (Lipinski definition) is 1. The lowest BCUT2D eigenvalue weighted by atomic mass is 9.98. The number of nitrogens with zero attached hydrogens (tertiary/aromatic N) is 1. The molecular formula is C21H23NO6. The van der Waals surface area contributed by atoms with E-state index in [1.54, 1.807) is 25.3 Å². The number of phenols is 1. The van der Waals surface area contributed by atoms with Gasteiger partial charge < -0.3 is 29.0 Å². The molecule has 2 heterocycles. The second-order valence-corrected chi connectivity index (χ2v) is 6.82. The van der Waals surface area contributed by atoms with E-state index in [2.05, 4.69) is 4.90 Å². The third kappa shape index (κ3) is 3.33. The van der Waals surface area contributed by atoms with Crippen LogP contribution in [0.3, 0.4) is 0 Å². The molecule has 2 aromatic carbocycles. The molecule has 28 heavy (non-hydrogen) atoms. The molecule has 7 nitrogen and oxygen atoms in total. The molecule has 0 saturated carbocycles. The predicted octanol–water partition coefficient (Wildman–Crippen LogP) is 2.70. The Balaban J connectivity index is 1.57. The average molecular weight is 385 g/mol. The Hall–Kier alpha value is -2.93. The van der Waals surface area contributed by atoms with Crippen molar-refractivity contribution in [1.29, 1.82) is 0 Å². The summed E-state index contributed by atoms with van der Waals surface area (Å²) in [5.74, 6) is 0.882. The third-order valence-corrected chi connectivity index (χ3v) is 5.18. The lowest BCUT2D eigenvalue weighted by Crippen LogP contribution is -2.36. The average Bonchev–Trinajstić information content (AvgIpc) is 3.02. The van der Waals surface area contributed by atoms with Gasteiger partial charge in [-0.2, -0.15) is 0 Å². The standard InChI is InChI=1S/C21H23NO6/c1-25-19-11-14-15(12-20(19)26-2)21(24)28-18(14)10-13-3-4-16(17(23)9-13)22-5-7-27-8-6-22/h3-4,9,11-12,18,23H,5-8,10H2,1-2H3. The van der Waals surface area contributed by atoms with E-state index in [1.165, 1.54) is 7.11 Å². The smallest absolute Gasteiger partial charge is 0.339 e. The van der Waals surface area contributed by atoms with Crippen LogP contribution in [0, 0.1) is 0 Å². The highest BCUT2D eigenvalue weighted by molar-refractivity contribution is 5.95. The predicted molar refractivity (Wildman–Crippen MR) is 103 cm³/mol. The minimum absolute atomic E-state index is 0.219. The number of ether oxygens (including phenoxy) is 4. The van der Waals surface area contributed by atoms with E-state index in [9.17, 15) is 9.90 Å². The molecule has 0 spiro atoms. The number of benzene rings is 2. The minimum Gasteiger partial charge on any atom is -0.506 e. The van der Waals surface area contributed by atoms with Gasteiger partial charge in [-0.3, -0.25) is 0 Å². The lowest BCUT2D eigenvalue weighted by molar-refractivity contribution is 0.0387. The highest BCUT2D eigenvalue weighted by Gasteiger charge is 2.33. The van der Waals surface area contributed by atoms with Crippen molar-refractivity contribution in [2.75, 3.05) is 45.4 Å². The molecule has 0 amide bonds. The molecule has 1 N–H and O–H groups in total. The van der Waals surface area contributed by atoms with E-state index in [4.69, 9.17) is 18.9 Å². The number of phenolic OH excluding ortho intramolecular Hbond substituents is 1. The Kier molecular flexibility index (Phi) is 5.00. The summed E-state index contributed by atoms with van der Waals surface area (Å²) in [7, 11) is 3.08. The molecule has 0 aromatic heterocycles. The van der Waals surface area contributed by atoms with Crippen LogP contribution < -0.4 is 14.4 Å². The quantitative estimate of drug-likeness (QED) is 0.793. The first-order chi connectivity index (χ1) is 13.6. The Morgan fingerprint density at radius 1 is 1.11 bits per heavy atom. The van der Waals surface area contributed by atoms with Gasteiger partial charge in [-0.25, -0.2) is 4.79 Å². The molecule has 0 aliphatic carbocycles. The number of cyclic esters (lactones) is 1. The van der Waals surface area contributed by atoms with Crippen molar-refractivity contribution in [3.8, 4) is 17.2 Å². The fourth-order valence-electron chi connectivity index (χ4n) is 3.73. The molecule has 148 valence electrons. The van der Waals surface area contributed by atoms with Crippen LogP contribution in [0.25, 0.3) is 0 Å². The number of fused-ring (bicyclic) bond motifs is 1. The largest absolute Gasteiger partial charge is 0.506 e. The number of aromatic hydroxyl groups is 1. The minimum atomic E-state index is -0.434. The van der Waals surface area contributed by atoms with Crippen molar-refractivity contribution in [1.82, 2.24) is 0 Å². The van der Waals surface area contributed by atoms with Crippen LogP contribution in [0.1, 0.15) is 27.6 Å². The number of carbonyl (C=O) groups is 1. The number of anilines is 1. The molecule has 1 unspecified atom stereocenters. The van der Waals surface area contributed by atoms with Gasteiger partial charge in [0, 0.05) is 25.1 Å². The summed E-state index contributed by atoms with van der Waals surface area (Å²) in [5, 5.41) is 10.5. The van der Waals surface area contributed by atoms with E-state index >= 15 is 0 Å². The second kappa shape index (κ2) is 7.59. The zero-order valence-electron chi connectivity index (χ0n) is 15.9. The maximum atomic E-state index is 12.3. The summed E-state index contributed by atoms with van der Waals surface area (Å²) in [6, 6.07) is 9.03. The number of esters is 1. The fraction of sp³-hybridized carbons (Fsp3) is 0.381. The second-order valence-electron chi connectivity index (χ2n) is 6.82. The summed E-state index contributed by atoms with van der Waals surface area (Å²) in [4.78, 5) is 14.4. The molecular weight excluding hydrogens is 362 g/mol. The highest BCUT2D eigenvalue weighted by atomic mass is 16.5. The van der Waals surface area contributed by atoms with Gasteiger partial charge in [0.1, 0.15) is 11.9 Å². The number of carbonyl (C=O) groups excluding carboxylic acids is 1. The van der Waals surface area contributed by atoms with Crippen LogP contribution in [0.4, 0.5) is 5.69 Å². The molecule has 0 radical (unpaired) electrons. The Morgan fingerprint density at radius 3 is 2.50 bits per heavy atom.